The fourth-order valence-electron chi connectivity index (χ4n) is 5.76. The molecule has 8 nitrogen and oxygen atoms in total. The molecule has 3 aliphatic rings. The highest BCUT2D eigenvalue weighted by Crippen LogP contribution is 2.41. The van der Waals surface area contributed by atoms with Crippen molar-refractivity contribution in [2.24, 2.45) is 7.05 Å². The van der Waals surface area contributed by atoms with Crippen molar-refractivity contribution in [1.29, 1.82) is 0 Å². The van der Waals surface area contributed by atoms with Gasteiger partial charge in [0.05, 0.1) is 25.4 Å². The summed E-state index contributed by atoms with van der Waals surface area (Å²) in [6, 6.07) is 4.93. The van der Waals surface area contributed by atoms with Gasteiger partial charge >= 0.3 is 0 Å². The van der Waals surface area contributed by atoms with Crippen LogP contribution in [0, 0.1) is 6.92 Å². The molecule has 1 fully saturated rings. The maximum Gasteiger partial charge on any atom is 0.219 e. The Balaban J connectivity index is 1.44. The van der Waals surface area contributed by atoms with Crippen LogP contribution < -0.4 is 4.90 Å². The van der Waals surface area contributed by atoms with Crippen LogP contribution in [-0.2, 0) is 36.0 Å². The minimum Gasteiger partial charge on any atom is -0.379 e. The quantitative estimate of drug-likeness (QED) is 0.598. The molecular formula is C26H32N6O2. The van der Waals surface area contributed by atoms with Crippen LogP contribution in [0.15, 0.2) is 24.5 Å². The van der Waals surface area contributed by atoms with Crippen LogP contribution >= 0.6 is 0 Å². The average Bonchev–Trinajstić information content (AvgIpc) is 3.57. The summed E-state index contributed by atoms with van der Waals surface area (Å²) in [6.07, 6.45) is 7.98. The number of nitrogens with zero attached hydrogens (tertiary/aromatic N) is 6. The lowest BCUT2D eigenvalue weighted by atomic mass is 9.93. The van der Waals surface area contributed by atoms with Crippen LogP contribution in [0.5, 0.6) is 0 Å². The summed E-state index contributed by atoms with van der Waals surface area (Å²) in [5, 5.41) is 9.58. The van der Waals surface area contributed by atoms with E-state index in [0.29, 0.717) is 13.2 Å². The zero-order valence-corrected chi connectivity index (χ0v) is 20.3. The Morgan fingerprint density at radius 3 is 2.82 bits per heavy atom. The van der Waals surface area contributed by atoms with E-state index in [2.05, 4.69) is 39.9 Å². The predicted octanol–water partition coefficient (Wildman–Crippen LogP) is 3.54. The monoisotopic (exact) mass is 460 g/mol. The Kier molecular flexibility index (Phi) is 5.21. The lowest BCUT2D eigenvalue weighted by Gasteiger charge is -2.33. The number of benzene rings is 1. The fraction of sp³-hybridized carbons (Fsp3) is 0.500. The molecule has 178 valence electrons. The standard InChI is InChI=1S/C26H32N6O2/c1-17-11-25-19(12-22(17)20-13-27-29(3)14-20)5-4-8-31(25)26-23-15-30(18(2)33)9-6-24(23)32(28-26)21-7-10-34-16-21/h11-14,21H,4-10,15-16H2,1-3H3. The van der Waals surface area contributed by atoms with E-state index in [1.54, 1.807) is 6.92 Å². The summed E-state index contributed by atoms with van der Waals surface area (Å²) in [5.74, 6) is 1.15. The first kappa shape index (κ1) is 21.4. The molecule has 1 atom stereocenters. The molecule has 5 heterocycles. The molecule has 0 spiro atoms. The lowest BCUT2D eigenvalue weighted by Crippen LogP contribution is -2.35. The van der Waals surface area contributed by atoms with Gasteiger partial charge in [0, 0.05) is 68.8 Å². The van der Waals surface area contributed by atoms with E-state index >= 15 is 0 Å². The molecule has 0 saturated carbocycles. The van der Waals surface area contributed by atoms with Gasteiger partial charge in [-0.2, -0.15) is 10.2 Å². The summed E-state index contributed by atoms with van der Waals surface area (Å²) < 4.78 is 9.78. The minimum absolute atomic E-state index is 0.129. The fourth-order valence-corrected chi connectivity index (χ4v) is 5.76. The van der Waals surface area contributed by atoms with Gasteiger partial charge in [0.1, 0.15) is 0 Å². The molecule has 0 N–H and O–H groups in total. The van der Waals surface area contributed by atoms with Crippen molar-refractivity contribution in [3.63, 3.8) is 0 Å². The second kappa shape index (κ2) is 8.27. The molecular weight excluding hydrogens is 428 g/mol. The van der Waals surface area contributed by atoms with Gasteiger partial charge in [-0.05, 0) is 55.0 Å². The number of hydrogen-bond acceptors (Lipinski definition) is 5. The average molecular weight is 461 g/mol. The van der Waals surface area contributed by atoms with Crippen molar-refractivity contribution in [2.45, 2.75) is 52.1 Å². The molecule has 8 heteroatoms. The summed E-state index contributed by atoms with van der Waals surface area (Å²) in [7, 11) is 1.96. The SMILES string of the molecule is CC(=O)N1CCc2c(c(N3CCCc4cc(-c5cnn(C)c5)c(C)cc43)nn2C2CCOC2)C1. The molecule has 0 aliphatic carbocycles. The predicted molar refractivity (Wildman–Crippen MR) is 130 cm³/mol. The molecule has 2 aromatic heterocycles. The van der Waals surface area contributed by atoms with Crippen LogP contribution in [0.2, 0.25) is 0 Å². The van der Waals surface area contributed by atoms with Crippen molar-refractivity contribution < 1.29 is 9.53 Å². The highest BCUT2D eigenvalue weighted by molar-refractivity contribution is 5.77. The molecule has 1 unspecified atom stereocenters. The van der Waals surface area contributed by atoms with Crippen molar-refractivity contribution in [3.8, 4) is 11.1 Å². The number of amides is 1. The molecule has 1 amide bonds. The topological polar surface area (TPSA) is 68.4 Å². The normalized spacial score (nSPS) is 19.9. The third-order valence-corrected chi connectivity index (χ3v) is 7.58. The van der Waals surface area contributed by atoms with E-state index < -0.39 is 0 Å². The van der Waals surface area contributed by atoms with Gasteiger partial charge in [0.25, 0.3) is 0 Å². The van der Waals surface area contributed by atoms with Crippen molar-refractivity contribution in [2.75, 3.05) is 31.2 Å². The van der Waals surface area contributed by atoms with E-state index in [1.165, 1.54) is 33.6 Å². The molecule has 0 bridgehead atoms. The summed E-state index contributed by atoms with van der Waals surface area (Å²) >= 11 is 0. The molecule has 3 aromatic rings. The molecule has 34 heavy (non-hydrogen) atoms. The number of carbonyl (C=O) groups is 1. The molecule has 6 rings (SSSR count). The number of aryl methyl sites for hydroxylation is 3. The van der Waals surface area contributed by atoms with Crippen LogP contribution in [0.3, 0.4) is 0 Å². The van der Waals surface area contributed by atoms with E-state index in [9.17, 15) is 4.79 Å². The number of fused-ring (bicyclic) bond motifs is 2. The van der Waals surface area contributed by atoms with Gasteiger partial charge in [-0.1, -0.05) is 0 Å². The van der Waals surface area contributed by atoms with E-state index in [4.69, 9.17) is 9.84 Å². The second-order valence-corrected chi connectivity index (χ2v) is 9.86. The number of rotatable bonds is 3. The maximum absolute atomic E-state index is 12.2. The third-order valence-electron chi connectivity index (χ3n) is 7.58. The van der Waals surface area contributed by atoms with Gasteiger partial charge in [0.2, 0.25) is 5.91 Å². The smallest absolute Gasteiger partial charge is 0.219 e. The van der Waals surface area contributed by atoms with E-state index in [-0.39, 0.29) is 11.9 Å². The summed E-state index contributed by atoms with van der Waals surface area (Å²) in [6.45, 7) is 7.67. The lowest BCUT2D eigenvalue weighted by molar-refractivity contribution is -0.129. The maximum atomic E-state index is 12.2. The van der Waals surface area contributed by atoms with E-state index in [0.717, 1.165) is 56.8 Å². The Hall–Kier alpha value is -3.13. The Morgan fingerprint density at radius 2 is 2.09 bits per heavy atom. The van der Waals surface area contributed by atoms with E-state index in [1.807, 2.05) is 22.8 Å². The Morgan fingerprint density at radius 1 is 1.21 bits per heavy atom. The second-order valence-electron chi connectivity index (χ2n) is 9.86. The molecule has 0 radical (unpaired) electrons. The Bertz CT molecular complexity index is 1250. The van der Waals surface area contributed by atoms with Crippen LogP contribution in [-0.4, -0.2) is 56.7 Å². The van der Waals surface area contributed by atoms with Gasteiger partial charge in [-0.3, -0.25) is 14.2 Å². The molecule has 1 aromatic carbocycles. The zero-order chi connectivity index (χ0) is 23.4. The third kappa shape index (κ3) is 3.52. The van der Waals surface area contributed by atoms with Gasteiger partial charge < -0.3 is 14.5 Å². The number of aromatic nitrogens is 4. The minimum atomic E-state index is 0.129. The summed E-state index contributed by atoms with van der Waals surface area (Å²) in [4.78, 5) is 16.6. The first-order valence-electron chi connectivity index (χ1n) is 12.3. The van der Waals surface area contributed by atoms with Gasteiger partial charge in [-0.15, -0.1) is 0 Å². The number of anilines is 2. The summed E-state index contributed by atoms with van der Waals surface area (Å²) in [5.41, 5.74) is 8.71. The number of carbonyl (C=O) groups excluding carboxylic acids is 1. The first-order chi connectivity index (χ1) is 16.5. The highest BCUT2D eigenvalue weighted by atomic mass is 16.5. The van der Waals surface area contributed by atoms with Crippen LogP contribution in [0.4, 0.5) is 11.5 Å². The van der Waals surface area contributed by atoms with Crippen LogP contribution in [0.1, 0.15) is 48.2 Å². The number of ether oxygens (including phenoxy) is 1. The van der Waals surface area contributed by atoms with Crippen LogP contribution in [0.25, 0.3) is 11.1 Å². The molecule has 3 aliphatic heterocycles. The molecule has 1 saturated heterocycles. The zero-order valence-electron chi connectivity index (χ0n) is 20.3. The van der Waals surface area contributed by atoms with Gasteiger partial charge in [-0.25, -0.2) is 0 Å². The number of hydrogen-bond donors (Lipinski definition) is 0. The first-order valence-corrected chi connectivity index (χ1v) is 12.3. The van der Waals surface area contributed by atoms with Crippen molar-refractivity contribution in [1.82, 2.24) is 24.5 Å². The highest BCUT2D eigenvalue weighted by Gasteiger charge is 2.34. The largest absolute Gasteiger partial charge is 0.379 e. The van der Waals surface area contributed by atoms with Crippen molar-refractivity contribution >= 4 is 17.4 Å². The van der Waals surface area contributed by atoms with Gasteiger partial charge in [0.15, 0.2) is 5.82 Å². The Labute approximate surface area is 200 Å². The van der Waals surface area contributed by atoms with Crippen molar-refractivity contribution in [3.05, 3.63) is 46.9 Å².